The van der Waals surface area contributed by atoms with Crippen molar-refractivity contribution in [1.82, 2.24) is 0 Å². The quantitative estimate of drug-likeness (QED) is 0.510. The molecule has 0 atom stereocenters. The lowest BCUT2D eigenvalue weighted by molar-refractivity contribution is 1.27. The highest BCUT2D eigenvalue weighted by atomic mass is 14.0. The molecule has 0 heterocycles. The van der Waals surface area contributed by atoms with Gasteiger partial charge in [0, 0.05) is 0 Å². The van der Waals surface area contributed by atoms with Gasteiger partial charge in [0.1, 0.15) is 0 Å². The van der Waals surface area contributed by atoms with Crippen molar-refractivity contribution in [2.45, 2.75) is 27.7 Å². The SMILES string of the molecule is C=C/C(C)=C(\C)C(C)=CC. The molecule has 10 heavy (non-hydrogen) atoms. The van der Waals surface area contributed by atoms with Crippen LogP contribution in [0.5, 0.6) is 0 Å². The predicted molar refractivity (Wildman–Crippen MR) is 48.0 cm³/mol. The molecule has 0 aliphatic carbocycles. The van der Waals surface area contributed by atoms with Crippen molar-refractivity contribution >= 4 is 0 Å². The molecule has 56 valence electrons. The molecule has 0 aromatic heterocycles. The molecule has 0 saturated heterocycles. The first kappa shape index (κ1) is 9.22. The minimum absolute atomic E-state index is 1.26. The Morgan fingerprint density at radius 3 is 2.00 bits per heavy atom. The number of rotatable bonds is 2. The molecular formula is C10H16. The van der Waals surface area contributed by atoms with E-state index in [0.29, 0.717) is 0 Å². The zero-order valence-electron chi connectivity index (χ0n) is 7.36. The molecule has 0 rings (SSSR count). The minimum atomic E-state index is 1.26. The molecule has 0 radical (unpaired) electrons. The van der Waals surface area contributed by atoms with Crippen molar-refractivity contribution in [2.75, 3.05) is 0 Å². The minimum Gasteiger partial charge on any atom is -0.0988 e. The molecule has 0 aliphatic heterocycles. The monoisotopic (exact) mass is 136 g/mol. The van der Waals surface area contributed by atoms with E-state index in [1.165, 1.54) is 16.7 Å². The zero-order chi connectivity index (χ0) is 8.15. The second-order valence-corrected chi connectivity index (χ2v) is 2.48. The van der Waals surface area contributed by atoms with Crippen molar-refractivity contribution in [3.05, 3.63) is 35.5 Å². The van der Waals surface area contributed by atoms with Gasteiger partial charge in [-0.05, 0) is 38.8 Å². The van der Waals surface area contributed by atoms with E-state index in [1.54, 1.807) is 0 Å². The van der Waals surface area contributed by atoms with Crippen molar-refractivity contribution in [3.63, 3.8) is 0 Å². The van der Waals surface area contributed by atoms with Crippen LogP contribution >= 0.6 is 0 Å². The fourth-order valence-electron chi connectivity index (χ4n) is 0.681. The summed E-state index contributed by atoms with van der Waals surface area (Å²) >= 11 is 0. The standard InChI is InChI=1S/C10H16/c1-6-8(3)10(5)9(4)7-2/h6-7H,1H2,2-5H3/b9-7?,10-8+. The Kier molecular flexibility index (Phi) is 3.78. The van der Waals surface area contributed by atoms with Gasteiger partial charge in [0.15, 0.2) is 0 Å². The van der Waals surface area contributed by atoms with Gasteiger partial charge in [-0.2, -0.15) is 0 Å². The van der Waals surface area contributed by atoms with E-state index >= 15 is 0 Å². The van der Waals surface area contributed by atoms with Gasteiger partial charge < -0.3 is 0 Å². The van der Waals surface area contributed by atoms with Crippen LogP contribution in [-0.4, -0.2) is 0 Å². The normalized spacial score (nSPS) is 14.6. The number of allylic oxidation sites excluding steroid dienone is 5. The summed E-state index contributed by atoms with van der Waals surface area (Å²) in [6, 6.07) is 0. The summed E-state index contributed by atoms with van der Waals surface area (Å²) in [5.74, 6) is 0. The highest BCUT2D eigenvalue weighted by Crippen LogP contribution is 2.13. The number of hydrogen-bond acceptors (Lipinski definition) is 0. The summed E-state index contributed by atoms with van der Waals surface area (Å²) in [7, 11) is 0. The highest BCUT2D eigenvalue weighted by molar-refractivity contribution is 5.35. The maximum Gasteiger partial charge on any atom is -0.0393 e. The van der Waals surface area contributed by atoms with Crippen LogP contribution in [0.15, 0.2) is 35.5 Å². The summed E-state index contributed by atoms with van der Waals surface area (Å²) < 4.78 is 0. The molecule has 0 fully saturated rings. The Bertz CT molecular complexity index is 180. The van der Waals surface area contributed by atoms with Crippen LogP contribution in [0.4, 0.5) is 0 Å². The molecule has 0 aliphatic rings. The summed E-state index contributed by atoms with van der Waals surface area (Å²) in [6.07, 6.45) is 4.00. The highest BCUT2D eigenvalue weighted by Gasteiger charge is 1.92. The van der Waals surface area contributed by atoms with Crippen LogP contribution in [0.25, 0.3) is 0 Å². The van der Waals surface area contributed by atoms with Crippen molar-refractivity contribution in [2.24, 2.45) is 0 Å². The Balaban J connectivity index is 4.63. The van der Waals surface area contributed by atoms with E-state index in [4.69, 9.17) is 0 Å². The molecular weight excluding hydrogens is 120 g/mol. The van der Waals surface area contributed by atoms with Gasteiger partial charge in [-0.3, -0.25) is 0 Å². The second-order valence-electron chi connectivity index (χ2n) is 2.48. The molecule has 0 aromatic rings. The molecule has 0 spiro atoms. The van der Waals surface area contributed by atoms with Crippen LogP contribution in [0.3, 0.4) is 0 Å². The van der Waals surface area contributed by atoms with Crippen molar-refractivity contribution in [3.8, 4) is 0 Å². The fourth-order valence-corrected chi connectivity index (χ4v) is 0.681. The third-order valence-electron chi connectivity index (χ3n) is 1.92. The summed E-state index contributed by atoms with van der Waals surface area (Å²) in [5.41, 5.74) is 3.92. The van der Waals surface area contributed by atoms with Crippen LogP contribution < -0.4 is 0 Å². The van der Waals surface area contributed by atoms with Crippen molar-refractivity contribution < 1.29 is 0 Å². The fraction of sp³-hybridized carbons (Fsp3) is 0.400. The molecule has 0 aromatic carbocycles. The summed E-state index contributed by atoms with van der Waals surface area (Å²) in [6.45, 7) is 12.1. The predicted octanol–water partition coefficient (Wildman–Crippen LogP) is 3.48. The van der Waals surface area contributed by atoms with Crippen LogP contribution in [0.1, 0.15) is 27.7 Å². The van der Waals surface area contributed by atoms with Crippen LogP contribution in [0.2, 0.25) is 0 Å². The average Bonchev–Trinajstić information content (AvgIpc) is 2.00. The largest absolute Gasteiger partial charge is 0.0988 e. The van der Waals surface area contributed by atoms with Crippen LogP contribution in [-0.2, 0) is 0 Å². The maximum absolute atomic E-state index is 3.71. The maximum atomic E-state index is 3.71. The molecule has 0 amide bonds. The molecule has 0 bridgehead atoms. The zero-order valence-corrected chi connectivity index (χ0v) is 7.36. The first-order valence-corrected chi connectivity index (χ1v) is 3.56. The first-order chi connectivity index (χ1) is 4.63. The lowest BCUT2D eigenvalue weighted by atomic mass is 10.0. The lowest BCUT2D eigenvalue weighted by Crippen LogP contribution is -1.82. The third-order valence-corrected chi connectivity index (χ3v) is 1.92. The van der Waals surface area contributed by atoms with Gasteiger partial charge in [-0.1, -0.05) is 24.3 Å². The Morgan fingerprint density at radius 2 is 1.70 bits per heavy atom. The summed E-state index contributed by atoms with van der Waals surface area (Å²) in [4.78, 5) is 0. The van der Waals surface area contributed by atoms with E-state index in [9.17, 15) is 0 Å². The summed E-state index contributed by atoms with van der Waals surface area (Å²) in [5, 5.41) is 0. The number of hydrogen-bond donors (Lipinski definition) is 0. The van der Waals surface area contributed by atoms with Gasteiger partial charge in [0.25, 0.3) is 0 Å². The molecule has 0 heteroatoms. The van der Waals surface area contributed by atoms with Crippen molar-refractivity contribution in [1.29, 1.82) is 0 Å². The lowest BCUT2D eigenvalue weighted by Gasteiger charge is -2.02. The van der Waals surface area contributed by atoms with Gasteiger partial charge >= 0.3 is 0 Å². The topological polar surface area (TPSA) is 0 Å². The Labute approximate surface area is 64.0 Å². The smallest absolute Gasteiger partial charge is 0.0393 e. The first-order valence-electron chi connectivity index (χ1n) is 3.56. The second kappa shape index (κ2) is 4.10. The van der Waals surface area contributed by atoms with E-state index < -0.39 is 0 Å². The van der Waals surface area contributed by atoms with Gasteiger partial charge in [-0.15, -0.1) is 0 Å². The van der Waals surface area contributed by atoms with E-state index in [0.717, 1.165) is 0 Å². The molecule has 0 unspecified atom stereocenters. The Morgan fingerprint density at radius 1 is 1.20 bits per heavy atom. The third kappa shape index (κ3) is 2.22. The van der Waals surface area contributed by atoms with E-state index in [1.807, 2.05) is 6.08 Å². The molecule has 0 nitrogen and oxygen atoms in total. The average molecular weight is 136 g/mol. The Hall–Kier alpha value is -0.780. The molecule has 0 N–H and O–H groups in total. The molecule has 0 saturated carbocycles. The van der Waals surface area contributed by atoms with E-state index in [-0.39, 0.29) is 0 Å². The van der Waals surface area contributed by atoms with Gasteiger partial charge in [0.2, 0.25) is 0 Å². The van der Waals surface area contributed by atoms with Gasteiger partial charge in [0.05, 0.1) is 0 Å². The van der Waals surface area contributed by atoms with E-state index in [2.05, 4.69) is 40.3 Å². The van der Waals surface area contributed by atoms with Crippen LogP contribution in [0, 0.1) is 0 Å². The van der Waals surface area contributed by atoms with Gasteiger partial charge in [-0.25, -0.2) is 0 Å².